The average molecular weight is 302 g/mol. The highest BCUT2D eigenvalue weighted by atomic mass is 16.5. The van der Waals surface area contributed by atoms with E-state index in [1.807, 2.05) is 11.8 Å². The summed E-state index contributed by atoms with van der Waals surface area (Å²) in [6.45, 7) is 4.80. The summed E-state index contributed by atoms with van der Waals surface area (Å²) in [7, 11) is 0. The molecule has 0 radical (unpaired) electrons. The fraction of sp³-hybridized carbons (Fsp3) is 0.611. The standard InChI is InChI=1S/C18H26N2O2/c1-2-20-14-18(22-13-17(20)21)10-8-16(9-11-18)19-12-15-6-4-3-5-7-15/h3-7,16,19H,2,8-14H2,1H3/t16-,18-. The van der Waals surface area contributed by atoms with E-state index in [-0.39, 0.29) is 18.1 Å². The molecule has 1 heterocycles. The Morgan fingerprint density at radius 1 is 1.27 bits per heavy atom. The van der Waals surface area contributed by atoms with Crippen LogP contribution in [-0.4, -0.2) is 42.1 Å². The Kier molecular flexibility index (Phi) is 4.79. The SMILES string of the molecule is CCN1C[C@]2(CC[C@@H](NCc3ccccc3)CC2)OCC1=O. The summed E-state index contributed by atoms with van der Waals surface area (Å²) >= 11 is 0. The third-order valence-corrected chi connectivity index (χ3v) is 5.05. The van der Waals surface area contributed by atoms with Crippen molar-refractivity contribution in [3.63, 3.8) is 0 Å². The van der Waals surface area contributed by atoms with Crippen molar-refractivity contribution < 1.29 is 9.53 Å². The van der Waals surface area contributed by atoms with Crippen molar-refractivity contribution in [1.29, 1.82) is 0 Å². The number of nitrogens with one attached hydrogen (secondary N) is 1. The number of carbonyl (C=O) groups excluding carboxylic acids is 1. The Bertz CT molecular complexity index is 495. The molecule has 120 valence electrons. The lowest BCUT2D eigenvalue weighted by Gasteiger charge is -2.46. The Morgan fingerprint density at radius 3 is 2.68 bits per heavy atom. The van der Waals surface area contributed by atoms with Gasteiger partial charge in [0.25, 0.3) is 0 Å². The van der Waals surface area contributed by atoms with E-state index in [1.54, 1.807) is 0 Å². The van der Waals surface area contributed by atoms with E-state index in [4.69, 9.17) is 4.74 Å². The van der Waals surface area contributed by atoms with Crippen LogP contribution in [0, 0.1) is 0 Å². The molecular formula is C18H26N2O2. The number of nitrogens with zero attached hydrogens (tertiary/aromatic N) is 1. The fourth-order valence-corrected chi connectivity index (χ4v) is 3.58. The van der Waals surface area contributed by atoms with Gasteiger partial charge >= 0.3 is 0 Å². The summed E-state index contributed by atoms with van der Waals surface area (Å²) in [5.41, 5.74) is 1.24. The summed E-state index contributed by atoms with van der Waals surface area (Å²) in [5, 5.41) is 3.66. The van der Waals surface area contributed by atoms with E-state index in [0.29, 0.717) is 6.04 Å². The van der Waals surface area contributed by atoms with Gasteiger partial charge in [-0.05, 0) is 38.2 Å². The van der Waals surface area contributed by atoms with Crippen molar-refractivity contribution in [3.05, 3.63) is 35.9 Å². The Hall–Kier alpha value is -1.39. The van der Waals surface area contributed by atoms with Crippen LogP contribution >= 0.6 is 0 Å². The van der Waals surface area contributed by atoms with E-state index in [2.05, 4.69) is 35.6 Å². The number of morpholine rings is 1. The van der Waals surface area contributed by atoms with Crippen LogP contribution in [0.5, 0.6) is 0 Å². The van der Waals surface area contributed by atoms with Crippen molar-refractivity contribution in [2.24, 2.45) is 0 Å². The van der Waals surface area contributed by atoms with Crippen molar-refractivity contribution >= 4 is 5.91 Å². The average Bonchev–Trinajstić information content (AvgIpc) is 2.58. The van der Waals surface area contributed by atoms with Gasteiger partial charge in [-0.15, -0.1) is 0 Å². The van der Waals surface area contributed by atoms with Gasteiger partial charge in [-0.3, -0.25) is 4.79 Å². The fourth-order valence-electron chi connectivity index (χ4n) is 3.58. The lowest BCUT2D eigenvalue weighted by atomic mass is 9.80. The van der Waals surface area contributed by atoms with Crippen molar-refractivity contribution in [2.45, 2.75) is 50.8 Å². The quantitative estimate of drug-likeness (QED) is 0.928. The van der Waals surface area contributed by atoms with Gasteiger partial charge in [0.15, 0.2) is 0 Å². The molecule has 3 rings (SSSR count). The van der Waals surface area contributed by atoms with Crippen molar-refractivity contribution in [1.82, 2.24) is 10.2 Å². The van der Waals surface area contributed by atoms with Gasteiger partial charge in [0.05, 0.1) is 5.60 Å². The lowest BCUT2D eigenvalue weighted by molar-refractivity contribution is -0.169. The smallest absolute Gasteiger partial charge is 0.248 e. The van der Waals surface area contributed by atoms with Gasteiger partial charge in [-0.1, -0.05) is 30.3 Å². The summed E-state index contributed by atoms with van der Waals surface area (Å²) in [4.78, 5) is 13.7. The van der Waals surface area contributed by atoms with Gasteiger partial charge in [0, 0.05) is 25.7 Å². The van der Waals surface area contributed by atoms with Gasteiger partial charge in [-0.25, -0.2) is 0 Å². The van der Waals surface area contributed by atoms with Crippen LogP contribution in [0.2, 0.25) is 0 Å². The van der Waals surface area contributed by atoms with Crippen LogP contribution in [0.4, 0.5) is 0 Å². The second-order valence-corrected chi connectivity index (χ2v) is 6.52. The van der Waals surface area contributed by atoms with Gasteiger partial charge in [-0.2, -0.15) is 0 Å². The number of amides is 1. The maximum Gasteiger partial charge on any atom is 0.248 e. The first-order chi connectivity index (χ1) is 10.7. The second kappa shape index (κ2) is 6.80. The highest BCUT2D eigenvalue weighted by molar-refractivity contribution is 5.78. The molecule has 4 heteroatoms. The summed E-state index contributed by atoms with van der Waals surface area (Å²) < 4.78 is 5.94. The summed E-state index contributed by atoms with van der Waals surface area (Å²) in [5.74, 6) is 0.137. The molecule has 1 spiro atoms. The number of rotatable bonds is 4. The Balaban J connectivity index is 1.49. The number of benzene rings is 1. The minimum Gasteiger partial charge on any atom is -0.363 e. The molecular weight excluding hydrogens is 276 g/mol. The van der Waals surface area contributed by atoms with Crippen LogP contribution in [-0.2, 0) is 16.1 Å². The molecule has 0 bridgehead atoms. The maximum atomic E-state index is 11.8. The third-order valence-electron chi connectivity index (χ3n) is 5.05. The van der Waals surface area contributed by atoms with E-state index < -0.39 is 0 Å². The summed E-state index contributed by atoms with van der Waals surface area (Å²) in [6, 6.07) is 11.1. The van der Waals surface area contributed by atoms with Crippen LogP contribution in [0.1, 0.15) is 38.2 Å². The molecule has 1 aliphatic heterocycles. The molecule has 22 heavy (non-hydrogen) atoms. The largest absolute Gasteiger partial charge is 0.363 e. The monoisotopic (exact) mass is 302 g/mol. The normalized spacial score (nSPS) is 29.0. The van der Waals surface area contributed by atoms with Crippen LogP contribution < -0.4 is 5.32 Å². The first-order valence-electron chi connectivity index (χ1n) is 8.40. The molecule has 1 amide bonds. The maximum absolute atomic E-state index is 11.8. The van der Waals surface area contributed by atoms with E-state index in [9.17, 15) is 4.79 Å². The third kappa shape index (κ3) is 3.50. The highest BCUT2D eigenvalue weighted by Gasteiger charge is 2.41. The number of likely N-dealkylation sites (N-methyl/N-ethyl adjacent to an activating group) is 1. The first kappa shape index (κ1) is 15.5. The Morgan fingerprint density at radius 2 is 2.00 bits per heavy atom. The molecule has 0 unspecified atom stereocenters. The number of carbonyl (C=O) groups is 1. The van der Waals surface area contributed by atoms with E-state index in [0.717, 1.165) is 45.3 Å². The number of ether oxygens (including phenoxy) is 1. The summed E-state index contributed by atoms with van der Waals surface area (Å²) in [6.07, 6.45) is 4.34. The topological polar surface area (TPSA) is 41.6 Å². The van der Waals surface area contributed by atoms with Crippen molar-refractivity contribution in [3.8, 4) is 0 Å². The van der Waals surface area contributed by atoms with Gasteiger partial charge < -0.3 is 15.0 Å². The molecule has 2 aliphatic rings. The highest BCUT2D eigenvalue weighted by Crippen LogP contribution is 2.34. The van der Waals surface area contributed by atoms with E-state index in [1.165, 1.54) is 5.56 Å². The Labute approximate surface area is 132 Å². The van der Waals surface area contributed by atoms with Crippen LogP contribution in [0.3, 0.4) is 0 Å². The molecule has 0 aromatic heterocycles. The van der Waals surface area contributed by atoms with Crippen LogP contribution in [0.25, 0.3) is 0 Å². The molecule has 2 fully saturated rings. The van der Waals surface area contributed by atoms with Crippen molar-refractivity contribution in [2.75, 3.05) is 19.7 Å². The second-order valence-electron chi connectivity index (χ2n) is 6.52. The van der Waals surface area contributed by atoms with Crippen LogP contribution in [0.15, 0.2) is 30.3 Å². The molecule has 0 atom stereocenters. The van der Waals surface area contributed by atoms with Gasteiger partial charge in [0.2, 0.25) is 5.91 Å². The molecule has 1 saturated heterocycles. The molecule has 1 aromatic rings. The molecule has 1 aliphatic carbocycles. The first-order valence-corrected chi connectivity index (χ1v) is 8.40. The predicted molar refractivity (Wildman–Crippen MR) is 86.5 cm³/mol. The zero-order chi connectivity index (χ0) is 15.4. The molecule has 1 saturated carbocycles. The van der Waals surface area contributed by atoms with Gasteiger partial charge in [0.1, 0.15) is 6.61 Å². The molecule has 4 nitrogen and oxygen atoms in total. The van der Waals surface area contributed by atoms with E-state index >= 15 is 0 Å². The predicted octanol–water partition coefficient (Wildman–Crippen LogP) is 2.34. The molecule has 1 N–H and O–H groups in total. The minimum atomic E-state index is -0.0884. The number of hydrogen-bond donors (Lipinski definition) is 1. The molecule has 1 aromatic carbocycles. The lowest BCUT2D eigenvalue weighted by Crippen LogP contribution is -2.56. The zero-order valence-corrected chi connectivity index (χ0v) is 13.4. The zero-order valence-electron chi connectivity index (χ0n) is 13.4. The number of hydrogen-bond acceptors (Lipinski definition) is 3. The minimum absolute atomic E-state index is 0.0884.